The number of rotatable bonds is 6. The van der Waals surface area contributed by atoms with Gasteiger partial charge in [0.2, 0.25) is 0 Å². The zero-order valence-corrected chi connectivity index (χ0v) is 12.3. The molecule has 0 radical (unpaired) electrons. The van der Waals surface area contributed by atoms with Crippen molar-refractivity contribution < 1.29 is 14.6 Å². The van der Waals surface area contributed by atoms with Gasteiger partial charge in [0.25, 0.3) is 0 Å². The summed E-state index contributed by atoms with van der Waals surface area (Å²) in [4.78, 5) is 12.0. The summed E-state index contributed by atoms with van der Waals surface area (Å²) < 4.78 is 5.42. The van der Waals surface area contributed by atoms with Gasteiger partial charge in [0.1, 0.15) is 0 Å². The maximum atomic E-state index is 12.0. The lowest BCUT2D eigenvalue weighted by molar-refractivity contribution is 0.0449. The molecule has 3 unspecified atom stereocenters. The molecule has 0 saturated heterocycles. The van der Waals surface area contributed by atoms with E-state index in [2.05, 4.69) is 10.6 Å². The van der Waals surface area contributed by atoms with Crippen LogP contribution >= 0.6 is 0 Å². The maximum absolute atomic E-state index is 12.0. The average molecular weight is 272 g/mol. The van der Waals surface area contributed by atoms with E-state index in [1.807, 2.05) is 13.8 Å². The second-order valence-electron chi connectivity index (χ2n) is 5.65. The molecule has 0 spiro atoms. The largest absolute Gasteiger partial charge is 0.396 e. The summed E-state index contributed by atoms with van der Waals surface area (Å²) >= 11 is 0. The van der Waals surface area contributed by atoms with E-state index in [-0.39, 0.29) is 30.8 Å². The SMILES string of the molecule is COC1CCCCC1NC(=O)NC(CCO)C(C)C. The molecule has 1 saturated carbocycles. The molecule has 5 heteroatoms. The van der Waals surface area contributed by atoms with Gasteiger partial charge in [-0.3, -0.25) is 0 Å². The zero-order chi connectivity index (χ0) is 14.3. The molecule has 0 aromatic rings. The van der Waals surface area contributed by atoms with Crippen molar-refractivity contribution in [1.29, 1.82) is 0 Å². The molecule has 1 fully saturated rings. The second kappa shape index (κ2) is 8.38. The van der Waals surface area contributed by atoms with Crippen molar-refractivity contribution in [3.63, 3.8) is 0 Å². The molecule has 2 amide bonds. The Balaban J connectivity index is 2.44. The van der Waals surface area contributed by atoms with Crippen LogP contribution in [0.5, 0.6) is 0 Å². The van der Waals surface area contributed by atoms with E-state index in [1.165, 1.54) is 0 Å². The third-order valence-corrected chi connectivity index (χ3v) is 3.88. The number of hydrogen-bond donors (Lipinski definition) is 3. The quantitative estimate of drug-likeness (QED) is 0.688. The summed E-state index contributed by atoms with van der Waals surface area (Å²) in [6.07, 6.45) is 4.98. The van der Waals surface area contributed by atoms with Gasteiger partial charge in [0.05, 0.1) is 12.1 Å². The number of urea groups is 1. The van der Waals surface area contributed by atoms with Crippen molar-refractivity contribution in [3.8, 4) is 0 Å². The molecule has 5 nitrogen and oxygen atoms in total. The van der Waals surface area contributed by atoms with Crippen molar-refractivity contribution in [1.82, 2.24) is 10.6 Å². The highest BCUT2D eigenvalue weighted by atomic mass is 16.5. The van der Waals surface area contributed by atoms with E-state index in [4.69, 9.17) is 9.84 Å². The van der Waals surface area contributed by atoms with Crippen LogP contribution in [-0.2, 0) is 4.74 Å². The number of nitrogens with one attached hydrogen (secondary N) is 2. The first-order valence-corrected chi connectivity index (χ1v) is 7.29. The number of aliphatic hydroxyl groups is 1. The molecule has 0 aromatic heterocycles. The van der Waals surface area contributed by atoms with Crippen molar-refractivity contribution >= 4 is 6.03 Å². The lowest BCUT2D eigenvalue weighted by Gasteiger charge is -2.32. The van der Waals surface area contributed by atoms with Gasteiger partial charge in [-0.05, 0) is 25.2 Å². The number of methoxy groups -OCH3 is 1. The molecule has 1 rings (SSSR count). The van der Waals surface area contributed by atoms with Crippen LogP contribution in [0.3, 0.4) is 0 Å². The molecule has 3 N–H and O–H groups in total. The van der Waals surface area contributed by atoms with Crippen LogP contribution in [0.25, 0.3) is 0 Å². The standard InChI is InChI=1S/C14H28N2O3/c1-10(2)11(8-9-17)15-14(18)16-12-6-4-5-7-13(12)19-3/h10-13,17H,4-9H2,1-3H3,(H2,15,16,18). The van der Waals surface area contributed by atoms with Crippen molar-refractivity contribution in [2.24, 2.45) is 5.92 Å². The van der Waals surface area contributed by atoms with Gasteiger partial charge in [0.15, 0.2) is 0 Å². The molecular formula is C14H28N2O3. The summed E-state index contributed by atoms with van der Waals surface area (Å²) in [6, 6.07) is -0.0450. The van der Waals surface area contributed by atoms with Gasteiger partial charge in [-0.15, -0.1) is 0 Å². The first kappa shape index (κ1) is 16.2. The Hall–Kier alpha value is -0.810. The molecular weight excluding hydrogens is 244 g/mol. The van der Waals surface area contributed by atoms with Gasteiger partial charge in [-0.2, -0.15) is 0 Å². The average Bonchev–Trinajstić information content (AvgIpc) is 2.38. The molecule has 0 bridgehead atoms. The van der Waals surface area contributed by atoms with Crippen LogP contribution in [0, 0.1) is 5.92 Å². The van der Waals surface area contributed by atoms with E-state index < -0.39 is 0 Å². The normalized spacial score (nSPS) is 25.1. The predicted octanol–water partition coefficient (Wildman–Crippen LogP) is 1.65. The van der Waals surface area contributed by atoms with Crippen LogP contribution in [0.15, 0.2) is 0 Å². The summed E-state index contributed by atoms with van der Waals surface area (Å²) in [5.74, 6) is 0.308. The molecule has 1 aliphatic rings. The van der Waals surface area contributed by atoms with Gasteiger partial charge in [-0.25, -0.2) is 4.79 Å². The fourth-order valence-electron chi connectivity index (χ4n) is 2.63. The molecule has 1 aliphatic carbocycles. The van der Waals surface area contributed by atoms with Gasteiger partial charge in [0, 0.05) is 19.8 Å². The minimum atomic E-state index is -0.152. The predicted molar refractivity (Wildman–Crippen MR) is 75.0 cm³/mol. The minimum Gasteiger partial charge on any atom is -0.396 e. The van der Waals surface area contributed by atoms with Crippen LogP contribution in [0.2, 0.25) is 0 Å². The zero-order valence-electron chi connectivity index (χ0n) is 12.3. The first-order chi connectivity index (χ1) is 9.08. The summed E-state index contributed by atoms with van der Waals surface area (Å²) in [5, 5.41) is 15.0. The number of hydrogen-bond acceptors (Lipinski definition) is 3. The van der Waals surface area contributed by atoms with E-state index >= 15 is 0 Å². The lowest BCUT2D eigenvalue weighted by atomic mass is 9.92. The fraction of sp³-hybridized carbons (Fsp3) is 0.929. The topological polar surface area (TPSA) is 70.6 Å². The third kappa shape index (κ3) is 5.37. The fourth-order valence-corrected chi connectivity index (χ4v) is 2.63. The van der Waals surface area contributed by atoms with Crippen LogP contribution in [0.4, 0.5) is 4.79 Å². The maximum Gasteiger partial charge on any atom is 0.315 e. The monoisotopic (exact) mass is 272 g/mol. The van der Waals surface area contributed by atoms with Gasteiger partial charge < -0.3 is 20.5 Å². The Morgan fingerprint density at radius 3 is 2.63 bits per heavy atom. The molecule has 3 atom stereocenters. The van der Waals surface area contributed by atoms with E-state index in [1.54, 1.807) is 7.11 Å². The number of amides is 2. The number of carbonyl (C=O) groups excluding carboxylic acids is 1. The van der Waals surface area contributed by atoms with Crippen molar-refractivity contribution in [2.45, 2.75) is 64.1 Å². The molecule has 0 aromatic carbocycles. The highest BCUT2D eigenvalue weighted by Gasteiger charge is 2.27. The number of aliphatic hydroxyl groups excluding tert-OH is 1. The van der Waals surface area contributed by atoms with Gasteiger partial charge in [-0.1, -0.05) is 26.7 Å². The Morgan fingerprint density at radius 2 is 2.05 bits per heavy atom. The van der Waals surface area contributed by atoms with Crippen LogP contribution in [0.1, 0.15) is 46.0 Å². The second-order valence-corrected chi connectivity index (χ2v) is 5.65. The van der Waals surface area contributed by atoms with E-state index in [0.29, 0.717) is 12.3 Å². The first-order valence-electron chi connectivity index (χ1n) is 7.29. The molecule has 112 valence electrons. The minimum absolute atomic E-state index is 0.00888. The molecule has 0 aliphatic heterocycles. The Morgan fingerprint density at radius 1 is 1.37 bits per heavy atom. The summed E-state index contributed by atoms with van der Waals surface area (Å²) in [6.45, 7) is 4.17. The van der Waals surface area contributed by atoms with Crippen molar-refractivity contribution in [2.75, 3.05) is 13.7 Å². The number of carbonyl (C=O) groups is 1. The smallest absolute Gasteiger partial charge is 0.315 e. The summed E-state index contributed by atoms with van der Waals surface area (Å²) in [5.41, 5.74) is 0. The lowest BCUT2D eigenvalue weighted by Crippen LogP contribution is -2.52. The van der Waals surface area contributed by atoms with Crippen molar-refractivity contribution in [3.05, 3.63) is 0 Å². The van der Waals surface area contributed by atoms with E-state index in [0.717, 1.165) is 25.7 Å². The Kier molecular flexibility index (Phi) is 7.16. The Labute approximate surface area is 116 Å². The highest BCUT2D eigenvalue weighted by molar-refractivity contribution is 5.74. The summed E-state index contributed by atoms with van der Waals surface area (Å²) in [7, 11) is 1.70. The van der Waals surface area contributed by atoms with E-state index in [9.17, 15) is 4.79 Å². The molecule has 0 heterocycles. The van der Waals surface area contributed by atoms with Gasteiger partial charge >= 0.3 is 6.03 Å². The van der Waals surface area contributed by atoms with Crippen LogP contribution < -0.4 is 10.6 Å². The third-order valence-electron chi connectivity index (χ3n) is 3.88. The Bertz CT molecular complexity index is 271. The number of ether oxygens (including phenoxy) is 1. The molecule has 19 heavy (non-hydrogen) atoms. The van der Waals surface area contributed by atoms with Crippen LogP contribution in [-0.4, -0.2) is 43.0 Å². The highest BCUT2D eigenvalue weighted by Crippen LogP contribution is 2.20.